The molecule has 7 heteroatoms. The van der Waals surface area contributed by atoms with Crippen molar-refractivity contribution >= 4 is 16.8 Å². The summed E-state index contributed by atoms with van der Waals surface area (Å²) in [5.74, 6) is 1.38. The maximum absolute atomic E-state index is 11.2. The average Bonchev–Trinajstić information content (AvgIpc) is 3.22. The highest BCUT2D eigenvalue weighted by molar-refractivity contribution is 5.85. The summed E-state index contributed by atoms with van der Waals surface area (Å²) in [7, 11) is 3.27. The van der Waals surface area contributed by atoms with Gasteiger partial charge in [-0.3, -0.25) is 4.79 Å². The predicted octanol–water partition coefficient (Wildman–Crippen LogP) is 3.33. The Kier molecular flexibility index (Phi) is 6.60. The molecular formula is C21H27N5O2. The number of nitrogens with zero attached hydrogens (tertiary/aromatic N) is 2. The van der Waals surface area contributed by atoms with Crippen molar-refractivity contribution in [1.29, 1.82) is 0 Å². The van der Waals surface area contributed by atoms with E-state index in [2.05, 4.69) is 20.3 Å². The Labute approximate surface area is 164 Å². The second kappa shape index (κ2) is 9.32. The fraction of sp³-hybridized carbons (Fsp3) is 0.381. The number of ether oxygens (including phenoxy) is 1. The van der Waals surface area contributed by atoms with Gasteiger partial charge in [0.25, 0.3) is 0 Å². The van der Waals surface area contributed by atoms with Crippen LogP contribution in [0, 0.1) is 0 Å². The zero-order chi connectivity index (χ0) is 19.9. The summed E-state index contributed by atoms with van der Waals surface area (Å²) in [6, 6.07) is 9.79. The van der Waals surface area contributed by atoms with Crippen molar-refractivity contribution in [2.45, 2.75) is 38.1 Å². The summed E-state index contributed by atoms with van der Waals surface area (Å²) in [4.78, 5) is 23.6. The van der Waals surface area contributed by atoms with E-state index < -0.39 is 0 Å². The topological polar surface area (TPSA) is 106 Å². The lowest BCUT2D eigenvalue weighted by molar-refractivity contribution is -0.120. The second-order valence-electron chi connectivity index (χ2n) is 6.80. The van der Waals surface area contributed by atoms with Crippen molar-refractivity contribution in [3.05, 3.63) is 42.4 Å². The molecule has 1 amide bonds. The Morgan fingerprint density at radius 2 is 2.11 bits per heavy atom. The molecule has 1 atom stereocenters. The van der Waals surface area contributed by atoms with Crippen molar-refractivity contribution in [3.63, 3.8) is 0 Å². The van der Waals surface area contributed by atoms with Gasteiger partial charge in [0, 0.05) is 18.9 Å². The normalized spacial score (nSPS) is 12.1. The van der Waals surface area contributed by atoms with Crippen molar-refractivity contribution in [3.8, 4) is 17.1 Å². The number of H-pyrrole nitrogens is 1. The van der Waals surface area contributed by atoms with Gasteiger partial charge in [0.2, 0.25) is 11.8 Å². The third kappa shape index (κ3) is 4.67. The van der Waals surface area contributed by atoms with Crippen LogP contribution in [0.4, 0.5) is 0 Å². The first-order chi connectivity index (χ1) is 13.6. The zero-order valence-electron chi connectivity index (χ0n) is 16.4. The first-order valence-corrected chi connectivity index (χ1v) is 9.57. The molecule has 4 N–H and O–H groups in total. The molecule has 7 nitrogen and oxygen atoms in total. The Morgan fingerprint density at radius 3 is 2.89 bits per heavy atom. The minimum Gasteiger partial charge on any atom is -0.480 e. The third-order valence-corrected chi connectivity index (χ3v) is 4.82. The molecule has 28 heavy (non-hydrogen) atoms. The number of pyridine rings is 1. The molecular weight excluding hydrogens is 354 g/mol. The van der Waals surface area contributed by atoms with Gasteiger partial charge in [0.1, 0.15) is 5.82 Å². The number of aromatic amines is 1. The van der Waals surface area contributed by atoms with E-state index in [4.69, 9.17) is 10.5 Å². The second-order valence-corrected chi connectivity index (χ2v) is 6.80. The molecule has 3 rings (SSSR count). The molecule has 0 spiro atoms. The standard InChI is InChI=1S/C21H27N5O2/c1-23-19(27)11-5-3-4-9-16(22)20-24-13-18(25-20)15-12-14-8-6-7-10-17(14)26-21(15)28-2/h6-8,10,12-13,16H,3-5,9,11,22H2,1-2H3,(H,23,27)(H,24,25). The quantitative estimate of drug-likeness (QED) is 0.493. The van der Waals surface area contributed by atoms with E-state index in [0.29, 0.717) is 12.3 Å². The zero-order valence-corrected chi connectivity index (χ0v) is 16.4. The summed E-state index contributed by atoms with van der Waals surface area (Å²) in [5, 5.41) is 3.67. The smallest absolute Gasteiger partial charge is 0.223 e. The molecule has 1 aromatic carbocycles. The van der Waals surface area contributed by atoms with Crippen molar-refractivity contribution in [2.24, 2.45) is 5.73 Å². The van der Waals surface area contributed by atoms with Crippen LogP contribution < -0.4 is 15.8 Å². The van der Waals surface area contributed by atoms with E-state index in [1.807, 2.05) is 30.3 Å². The number of nitrogens with one attached hydrogen (secondary N) is 2. The van der Waals surface area contributed by atoms with Crippen LogP contribution >= 0.6 is 0 Å². The summed E-state index contributed by atoms with van der Waals surface area (Å²) < 4.78 is 5.48. The molecule has 1 unspecified atom stereocenters. The third-order valence-electron chi connectivity index (χ3n) is 4.82. The maximum atomic E-state index is 11.2. The van der Waals surface area contributed by atoms with Crippen molar-refractivity contribution in [1.82, 2.24) is 20.3 Å². The minimum atomic E-state index is -0.173. The molecule has 0 aliphatic heterocycles. The van der Waals surface area contributed by atoms with Gasteiger partial charge >= 0.3 is 0 Å². The number of hydrogen-bond donors (Lipinski definition) is 3. The summed E-state index contributed by atoms with van der Waals surface area (Å²) in [6.45, 7) is 0. The molecule has 2 heterocycles. The number of rotatable bonds is 9. The summed E-state index contributed by atoms with van der Waals surface area (Å²) in [5.41, 5.74) is 8.87. The van der Waals surface area contributed by atoms with Crippen LogP contribution in [-0.2, 0) is 4.79 Å². The largest absolute Gasteiger partial charge is 0.480 e. The van der Waals surface area contributed by atoms with Gasteiger partial charge in [-0.1, -0.05) is 31.0 Å². The van der Waals surface area contributed by atoms with Gasteiger partial charge in [-0.05, 0) is 25.0 Å². The van der Waals surface area contributed by atoms with Gasteiger partial charge in [0.05, 0.1) is 36.1 Å². The molecule has 0 saturated heterocycles. The lowest BCUT2D eigenvalue weighted by atomic mass is 10.1. The van der Waals surface area contributed by atoms with Gasteiger partial charge in [-0.2, -0.15) is 0 Å². The minimum absolute atomic E-state index is 0.0814. The fourth-order valence-electron chi connectivity index (χ4n) is 3.20. The fourth-order valence-corrected chi connectivity index (χ4v) is 3.20. The first kappa shape index (κ1) is 19.8. The molecule has 0 bridgehead atoms. The first-order valence-electron chi connectivity index (χ1n) is 9.57. The molecule has 0 aliphatic rings. The lowest BCUT2D eigenvalue weighted by Gasteiger charge is -2.10. The highest BCUT2D eigenvalue weighted by Gasteiger charge is 2.15. The molecule has 2 aromatic heterocycles. The number of aromatic nitrogens is 3. The van der Waals surface area contributed by atoms with E-state index in [0.717, 1.165) is 53.7 Å². The molecule has 0 fully saturated rings. The number of nitrogens with two attached hydrogens (primary N) is 1. The Hall–Kier alpha value is -2.93. The number of carbonyl (C=O) groups excluding carboxylic acids is 1. The number of hydrogen-bond acceptors (Lipinski definition) is 5. The van der Waals surface area contributed by atoms with Crippen LogP contribution in [0.1, 0.15) is 44.0 Å². The van der Waals surface area contributed by atoms with E-state index in [-0.39, 0.29) is 11.9 Å². The van der Waals surface area contributed by atoms with Crippen LogP contribution in [0.2, 0.25) is 0 Å². The molecule has 0 radical (unpaired) electrons. The number of benzene rings is 1. The van der Waals surface area contributed by atoms with Crippen LogP contribution in [0.5, 0.6) is 5.88 Å². The summed E-state index contributed by atoms with van der Waals surface area (Å²) >= 11 is 0. The van der Waals surface area contributed by atoms with Gasteiger partial charge < -0.3 is 20.8 Å². The molecule has 0 saturated carbocycles. The Morgan fingerprint density at radius 1 is 1.29 bits per heavy atom. The van der Waals surface area contributed by atoms with Gasteiger partial charge in [-0.15, -0.1) is 0 Å². The lowest BCUT2D eigenvalue weighted by Crippen LogP contribution is -2.17. The number of imidazole rings is 1. The molecule has 148 valence electrons. The monoisotopic (exact) mass is 381 g/mol. The van der Waals surface area contributed by atoms with Gasteiger partial charge in [0.15, 0.2) is 0 Å². The Bertz CT molecular complexity index is 937. The average molecular weight is 381 g/mol. The van der Waals surface area contributed by atoms with E-state index >= 15 is 0 Å². The SMILES string of the molecule is CNC(=O)CCCCCC(N)c1ncc(-c2cc3ccccc3nc2OC)[nH]1. The van der Waals surface area contributed by atoms with Gasteiger partial charge in [-0.25, -0.2) is 9.97 Å². The molecule has 0 aliphatic carbocycles. The Balaban J connectivity index is 1.66. The highest BCUT2D eigenvalue weighted by atomic mass is 16.5. The number of methoxy groups -OCH3 is 1. The summed E-state index contributed by atoms with van der Waals surface area (Å²) in [6.07, 6.45) is 5.94. The highest BCUT2D eigenvalue weighted by Crippen LogP contribution is 2.31. The van der Waals surface area contributed by atoms with E-state index in [1.54, 1.807) is 20.4 Å². The van der Waals surface area contributed by atoms with Crippen molar-refractivity contribution < 1.29 is 9.53 Å². The number of amides is 1. The van der Waals surface area contributed by atoms with Crippen LogP contribution in [-0.4, -0.2) is 35.0 Å². The number of carbonyl (C=O) groups is 1. The number of para-hydroxylation sites is 1. The predicted molar refractivity (Wildman–Crippen MR) is 110 cm³/mol. The molecule has 3 aromatic rings. The van der Waals surface area contributed by atoms with Crippen molar-refractivity contribution in [2.75, 3.05) is 14.2 Å². The van der Waals surface area contributed by atoms with Crippen LogP contribution in [0.3, 0.4) is 0 Å². The van der Waals surface area contributed by atoms with E-state index in [1.165, 1.54) is 0 Å². The number of unbranched alkanes of at least 4 members (excludes halogenated alkanes) is 2. The van der Waals surface area contributed by atoms with Crippen LogP contribution in [0.15, 0.2) is 36.5 Å². The van der Waals surface area contributed by atoms with E-state index in [9.17, 15) is 4.79 Å². The van der Waals surface area contributed by atoms with Crippen LogP contribution in [0.25, 0.3) is 22.2 Å². The number of fused-ring (bicyclic) bond motifs is 1. The maximum Gasteiger partial charge on any atom is 0.223 e.